The number of aliphatic hydroxyl groups is 1. The van der Waals surface area contributed by atoms with Crippen molar-refractivity contribution in [1.82, 2.24) is 0 Å². The maximum absolute atomic E-state index is 8.64. The summed E-state index contributed by atoms with van der Waals surface area (Å²) < 4.78 is 1.10. The number of halogens is 1. The van der Waals surface area contributed by atoms with E-state index in [2.05, 4.69) is 40.3 Å². The van der Waals surface area contributed by atoms with Crippen molar-refractivity contribution in [3.8, 4) is 0 Å². The van der Waals surface area contributed by atoms with Crippen LogP contribution >= 0.6 is 15.9 Å². The number of hydrogen-bond acceptors (Lipinski definition) is 2. The Morgan fingerprint density at radius 1 is 1.27 bits per heavy atom. The van der Waals surface area contributed by atoms with Crippen LogP contribution in [0.2, 0.25) is 0 Å². The maximum atomic E-state index is 8.64. The first-order valence-electron chi connectivity index (χ1n) is 5.35. The molecule has 0 aliphatic rings. The largest absolute Gasteiger partial charge is 0.396 e. The van der Waals surface area contributed by atoms with E-state index < -0.39 is 0 Å². The zero-order valence-corrected chi connectivity index (χ0v) is 10.7. The van der Waals surface area contributed by atoms with Crippen LogP contribution in [-0.4, -0.2) is 18.3 Å². The van der Waals surface area contributed by atoms with Gasteiger partial charge in [0.15, 0.2) is 0 Å². The summed E-state index contributed by atoms with van der Waals surface area (Å²) in [6, 6.07) is 6.24. The van der Waals surface area contributed by atoms with E-state index in [1.165, 1.54) is 11.3 Å². The molecule has 0 heterocycles. The van der Waals surface area contributed by atoms with Crippen LogP contribution in [0.3, 0.4) is 0 Å². The normalized spacial score (nSPS) is 10.3. The van der Waals surface area contributed by atoms with Crippen molar-refractivity contribution in [3.63, 3.8) is 0 Å². The van der Waals surface area contributed by atoms with E-state index in [0.717, 1.165) is 30.3 Å². The fraction of sp³-hybridized carbons (Fsp3) is 0.500. The van der Waals surface area contributed by atoms with Gasteiger partial charge in [-0.3, -0.25) is 0 Å². The van der Waals surface area contributed by atoms with E-state index >= 15 is 0 Å². The minimum atomic E-state index is 0.302. The molecule has 0 spiro atoms. The Balaban J connectivity index is 2.33. The Morgan fingerprint density at radius 2 is 2.07 bits per heavy atom. The molecule has 0 unspecified atom stereocenters. The lowest BCUT2D eigenvalue weighted by atomic mass is 10.2. The van der Waals surface area contributed by atoms with E-state index in [1.807, 2.05) is 6.07 Å². The van der Waals surface area contributed by atoms with E-state index in [1.54, 1.807) is 0 Å². The first-order chi connectivity index (χ1) is 7.24. The van der Waals surface area contributed by atoms with Crippen LogP contribution in [0.5, 0.6) is 0 Å². The molecule has 0 atom stereocenters. The molecule has 1 aromatic carbocycles. The van der Waals surface area contributed by atoms with E-state index in [-0.39, 0.29) is 0 Å². The van der Waals surface area contributed by atoms with Crippen LogP contribution in [0.1, 0.15) is 24.8 Å². The van der Waals surface area contributed by atoms with Crippen LogP contribution in [0.15, 0.2) is 22.7 Å². The van der Waals surface area contributed by atoms with Gasteiger partial charge in [-0.05, 0) is 43.9 Å². The standard InChI is InChI=1S/C12H18BrNO/c1-10-5-6-11(13)9-12(10)14-7-3-2-4-8-15/h5-6,9,14-15H,2-4,7-8H2,1H3. The lowest BCUT2D eigenvalue weighted by molar-refractivity contribution is 0.283. The lowest BCUT2D eigenvalue weighted by Crippen LogP contribution is -2.03. The Bertz CT molecular complexity index is 302. The minimum absolute atomic E-state index is 0.302. The molecule has 0 amide bonds. The first-order valence-corrected chi connectivity index (χ1v) is 6.14. The summed E-state index contributed by atoms with van der Waals surface area (Å²) in [5.74, 6) is 0. The Labute approximate surface area is 99.8 Å². The summed E-state index contributed by atoms with van der Waals surface area (Å²) in [7, 11) is 0. The molecule has 2 nitrogen and oxygen atoms in total. The lowest BCUT2D eigenvalue weighted by Gasteiger charge is -2.09. The van der Waals surface area contributed by atoms with Gasteiger partial charge in [0.05, 0.1) is 0 Å². The molecule has 1 rings (SSSR count). The van der Waals surface area contributed by atoms with E-state index in [9.17, 15) is 0 Å². The van der Waals surface area contributed by atoms with Gasteiger partial charge in [-0.25, -0.2) is 0 Å². The zero-order chi connectivity index (χ0) is 11.1. The van der Waals surface area contributed by atoms with Crippen molar-refractivity contribution in [2.45, 2.75) is 26.2 Å². The van der Waals surface area contributed by atoms with Crippen LogP contribution in [0.4, 0.5) is 5.69 Å². The van der Waals surface area contributed by atoms with Gasteiger partial charge >= 0.3 is 0 Å². The van der Waals surface area contributed by atoms with Crippen LogP contribution in [0.25, 0.3) is 0 Å². The molecule has 15 heavy (non-hydrogen) atoms. The molecule has 0 aliphatic heterocycles. The highest BCUT2D eigenvalue weighted by molar-refractivity contribution is 9.10. The maximum Gasteiger partial charge on any atom is 0.0431 e. The third-order valence-electron chi connectivity index (χ3n) is 2.35. The highest BCUT2D eigenvalue weighted by atomic mass is 79.9. The number of nitrogens with one attached hydrogen (secondary N) is 1. The van der Waals surface area contributed by atoms with Crippen LogP contribution in [0, 0.1) is 6.92 Å². The van der Waals surface area contributed by atoms with Gasteiger partial charge in [-0.15, -0.1) is 0 Å². The van der Waals surface area contributed by atoms with E-state index in [4.69, 9.17) is 5.11 Å². The predicted molar refractivity (Wildman–Crippen MR) is 68.3 cm³/mol. The monoisotopic (exact) mass is 271 g/mol. The third kappa shape index (κ3) is 4.67. The topological polar surface area (TPSA) is 32.3 Å². The molecule has 1 aromatic rings. The molecule has 0 aliphatic carbocycles. The second-order valence-electron chi connectivity index (χ2n) is 3.67. The summed E-state index contributed by atoms with van der Waals surface area (Å²) in [5.41, 5.74) is 2.45. The SMILES string of the molecule is Cc1ccc(Br)cc1NCCCCCO. The Morgan fingerprint density at radius 3 is 2.80 bits per heavy atom. The fourth-order valence-electron chi connectivity index (χ4n) is 1.42. The second-order valence-corrected chi connectivity index (χ2v) is 4.59. The van der Waals surface area contributed by atoms with Crippen LogP contribution in [-0.2, 0) is 0 Å². The Kier molecular flexibility index (Phi) is 5.73. The third-order valence-corrected chi connectivity index (χ3v) is 2.84. The molecular weight excluding hydrogens is 254 g/mol. The van der Waals surface area contributed by atoms with E-state index in [0.29, 0.717) is 6.61 Å². The number of aliphatic hydroxyl groups excluding tert-OH is 1. The first kappa shape index (κ1) is 12.5. The summed E-state index contributed by atoms with van der Waals surface area (Å²) in [4.78, 5) is 0. The average Bonchev–Trinajstić information content (AvgIpc) is 2.23. The van der Waals surface area contributed by atoms with Gasteiger partial charge in [-0.2, -0.15) is 0 Å². The molecule has 0 saturated carbocycles. The van der Waals surface area contributed by atoms with Gasteiger partial charge < -0.3 is 10.4 Å². The molecule has 0 fully saturated rings. The van der Waals surface area contributed by atoms with Gasteiger partial charge in [0, 0.05) is 23.3 Å². The van der Waals surface area contributed by atoms with Crippen molar-refractivity contribution in [1.29, 1.82) is 0 Å². The Hall–Kier alpha value is -0.540. The molecule has 2 N–H and O–H groups in total. The average molecular weight is 272 g/mol. The van der Waals surface area contributed by atoms with Gasteiger partial charge in [0.1, 0.15) is 0 Å². The highest BCUT2D eigenvalue weighted by Gasteiger charge is 1.97. The van der Waals surface area contributed by atoms with Crippen molar-refractivity contribution < 1.29 is 5.11 Å². The molecule has 0 radical (unpaired) electrons. The molecule has 3 heteroatoms. The van der Waals surface area contributed by atoms with Crippen molar-refractivity contribution >= 4 is 21.6 Å². The van der Waals surface area contributed by atoms with Gasteiger partial charge in [-0.1, -0.05) is 22.0 Å². The quantitative estimate of drug-likeness (QED) is 0.778. The molecular formula is C12H18BrNO. The zero-order valence-electron chi connectivity index (χ0n) is 9.09. The van der Waals surface area contributed by atoms with Crippen molar-refractivity contribution in [2.75, 3.05) is 18.5 Å². The van der Waals surface area contributed by atoms with Crippen molar-refractivity contribution in [3.05, 3.63) is 28.2 Å². The number of unbranched alkanes of at least 4 members (excludes halogenated alkanes) is 2. The number of benzene rings is 1. The smallest absolute Gasteiger partial charge is 0.0431 e. The predicted octanol–water partition coefficient (Wildman–Crippen LogP) is 3.33. The van der Waals surface area contributed by atoms with Crippen molar-refractivity contribution in [2.24, 2.45) is 0 Å². The van der Waals surface area contributed by atoms with Gasteiger partial charge in [0.25, 0.3) is 0 Å². The summed E-state index contributed by atoms with van der Waals surface area (Å²) in [5, 5.41) is 12.0. The number of anilines is 1. The number of hydrogen-bond donors (Lipinski definition) is 2. The molecule has 0 saturated heterocycles. The summed E-state index contributed by atoms with van der Waals surface area (Å²) in [6.45, 7) is 3.37. The number of rotatable bonds is 6. The fourth-order valence-corrected chi connectivity index (χ4v) is 1.78. The summed E-state index contributed by atoms with van der Waals surface area (Å²) >= 11 is 3.46. The minimum Gasteiger partial charge on any atom is -0.396 e. The summed E-state index contributed by atoms with van der Waals surface area (Å²) in [6.07, 6.45) is 3.09. The highest BCUT2D eigenvalue weighted by Crippen LogP contribution is 2.20. The number of aryl methyl sites for hydroxylation is 1. The second kappa shape index (κ2) is 6.85. The van der Waals surface area contributed by atoms with Crippen LogP contribution < -0.4 is 5.32 Å². The van der Waals surface area contributed by atoms with Gasteiger partial charge in [0.2, 0.25) is 0 Å². The molecule has 0 bridgehead atoms. The molecule has 84 valence electrons. The molecule has 0 aromatic heterocycles.